The smallest absolute Gasteiger partial charge is 0.329 e. The van der Waals surface area contributed by atoms with Gasteiger partial charge in [0.2, 0.25) is 0 Å². The topological polar surface area (TPSA) is 109 Å². The van der Waals surface area contributed by atoms with Crippen LogP contribution < -0.4 is 20.8 Å². The van der Waals surface area contributed by atoms with E-state index in [0.717, 1.165) is 23.2 Å². The molecule has 0 aliphatic rings. The molecule has 8 nitrogen and oxygen atoms in total. The van der Waals surface area contributed by atoms with Crippen LogP contribution in [0.1, 0.15) is 23.6 Å². The van der Waals surface area contributed by atoms with Gasteiger partial charge in [0.05, 0.1) is 6.21 Å². The first-order chi connectivity index (χ1) is 16.9. The fraction of sp³-hybridized carbons (Fsp3) is 0.154. The number of nitrogens with one attached hydrogen (secondary N) is 3. The second-order valence-electron chi connectivity index (χ2n) is 7.50. The molecule has 3 aromatic carbocycles. The quantitative estimate of drug-likeness (QED) is 0.247. The van der Waals surface area contributed by atoms with Crippen molar-refractivity contribution in [3.8, 4) is 5.75 Å². The van der Waals surface area contributed by atoms with Crippen LogP contribution in [0.2, 0.25) is 5.02 Å². The van der Waals surface area contributed by atoms with Crippen molar-refractivity contribution in [1.82, 2.24) is 5.43 Å². The van der Waals surface area contributed by atoms with E-state index in [-0.39, 0.29) is 12.5 Å². The van der Waals surface area contributed by atoms with Gasteiger partial charge in [-0.3, -0.25) is 14.4 Å². The normalized spacial score (nSPS) is 10.6. The number of ether oxygens (including phenoxy) is 1. The van der Waals surface area contributed by atoms with E-state index in [0.29, 0.717) is 22.0 Å². The van der Waals surface area contributed by atoms with Crippen molar-refractivity contribution in [2.45, 2.75) is 20.3 Å². The first kappa shape index (κ1) is 25.5. The fourth-order valence-electron chi connectivity index (χ4n) is 3.07. The van der Waals surface area contributed by atoms with Gasteiger partial charge in [0.1, 0.15) is 5.75 Å². The SMILES string of the molecule is CCc1ccccc1NC(=O)COc1ccccc1/C=N\NC(=O)C(=O)Nc1ccc(C)c(Cl)c1. The highest BCUT2D eigenvalue weighted by Crippen LogP contribution is 2.20. The van der Waals surface area contributed by atoms with Gasteiger partial charge in [-0.2, -0.15) is 5.10 Å². The summed E-state index contributed by atoms with van der Waals surface area (Å²) in [5, 5.41) is 9.59. The minimum Gasteiger partial charge on any atom is -0.483 e. The standard InChI is InChI=1S/C26H25ClN4O4/c1-3-18-8-4-6-10-22(18)30-24(32)16-35-23-11-7-5-9-19(23)15-28-31-26(34)25(33)29-20-13-12-17(2)21(27)14-20/h4-15H,3,16H2,1-2H3,(H,29,33)(H,30,32)(H,31,34)/b28-15-. The van der Waals surface area contributed by atoms with E-state index < -0.39 is 11.8 Å². The van der Waals surface area contributed by atoms with E-state index in [9.17, 15) is 14.4 Å². The van der Waals surface area contributed by atoms with Crippen molar-refractivity contribution in [2.75, 3.05) is 17.2 Å². The minimum absolute atomic E-state index is 0.212. The highest BCUT2D eigenvalue weighted by Gasteiger charge is 2.14. The van der Waals surface area contributed by atoms with Crippen LogP contribution >= 0.6 is 11.6 Å². The average Bonchev–Trinajstić information content (AvgIpc) is 2.86. The van der Waals surface area contributed by atoms with Crippen LogP contribution in [0.4, 0.5) is 11.4 Å². The van der Waals surface area contributed by atoms with E-state index in [2.05, 4.69) is 21.2 Å². The number of hydrogen-bond acceptors (Lipinski definition) is 5. The zero-order chi connectivity index (χ0) is 25.2. The van der Waals surface area contributed by atoms with E-state index >= 15 is 0 Å². The minimum atomic E-state index is -0.953. The third-order valence-corrected chi connectivity index (χ3v) is 5.36. The number of hydrazone groups is 1. The van der Waals surface area contributed by atoms with E-state index in [1.165, 1.54) is 6.21 Å². The molecule has 3 rings (SSSR count). The number of hydrogen-bond donors (Lipinski definition) is 3. The number of carbonyl (C=O) groups excluding carboxylic acids is 3. The molecule has 0 atom stereocenters. The molecular formula is C26H25ClN4O4. The average molecular weight is 493 g/mol. The van der Waals surface area contributed by atoms with E-state index in [1.54, 1.807) is 42.5 Å². The third kappa shape index (κ3) is 7.41. The summed E-state index contributed by atoms with van der Waals surface area (Å²) < 4.78 is 5.64. The summed E-state index contributed by atoms with van der Waals surface area (Å²) >= 11 is 6.03. The van der Waals surface area contributed by atoms with Gasteiger partial charge < -0.3 is 15.4 Å². The molecular weight excluding hydrogens is 468 g/mol. The lowest BCUT2D eigenvalue weighted by Gasteiger charge is -2.11. The number of anilines is 2. The Morgan fingerprint density at radius 3 is 2.49 bits per heavy atom. The second kappa shape index (κ2) is 12.3. The monoisotopic (exact) mass is 492 g/mol. The highest BCUT2D eigenvalue weighted by molar-refractivity contribution is 6.39. The van der Waals surface area contributed by atoms with E-state index in [1.807, 2.05) is 38.1 Å². The van der Waals surface area contributed by atoms with Gasteiger partial charge in [-0.1, -0.05) is 54.9 Å². The van der Waals surface area contributed by atoms with Crippen LogP contribution in [0, 0.1) is 6.92 Å². The fourth-order valence-corrected chi connectivity index (χ4v) is 3.25. The van der Waals surface area contributed by atoms with Crippen LogP contribution in [0.5, 0.6) is 5.75 Å². The molecule has 9 heteroatoms. The molecule has 180 valence electrons. The molecule has 0 saturated carbocycles. The number of aryl methyl sites for hydroxylation is 2. The van der Waals surface area contributed by atoms with Crippen molar-refractivity contribution >= 4 is 46.9 Å². The van der Waals surface area contributed by atoms with Gasteiger partial charge in [-0.15, -0.1) is 0 Å². The Hall–Kier alpha value is -4.17. The van der Waals surface area contributed by atoms with Crippen molar-refractivity contribution in [1.29, 1.82) is 0 Å². The van der Waals surface area contributed by atoms with Crippen LogP contribution in [0.3, 0.4) is 0 Å². The van der Waals surface area contributed by atoms with Crippen LogP contribution in [-0.2, 0) is 20.8 Å². The Kier molecular flexibility index (Phi) is 8.97. The molecule has 0 heterocycles. The van der Waals surface area contributed by atoms with Gasteiger partial charge in [-0.25, -0.2) is 5.43 Å². The summed E-state index contributed by atoms with van der Waals surface area (Å²) in [5.41, 5.74) is 5.69. The Labute approximate surface area is 208 Å². The molecule has 35 heavy (non-hydrogen) atoms. The van der Waals surface area contributed by atoms with Gasteiger partial charge in [0.15, 0.2) is 6.61 Å². The number of halogens is 1. The molecule has 0 saturated heterocycles. The number of para-hydroxylation sites is 2. The Morgan fingerprint density at radius 2 is 1.71 bits per heavy atom. The van der Waals surface area contributed by atoms with Gasteiger partial charge in [-0.05, 0) is 54.8 Å². The number of carbonyl (C=O) groups is 3. The Morgan fingerprint density at radius 1 is 0.971 bits per heavy atom. The summed E-state index contributed by atoms with van der Waals surface area (Å²) in [6.07, 6.45) is 2.12. The summed E-state index contributed by atoms with van der Waals surface area (Å²) in [5.74, 6) is -1.76. The number of benzene rings is 3. The summed E-state index contributed by atoms with van der Waals surface area (Å²) in [4.78, 5) is 36.5. The van der Waals surface area contributed by atoms with Gasteiger partial charge in [0.25, 0.3) is 5.91 Å². The van der Waals surface area contributed by atoms with E-state index in [4.69, 9.17) is 16.3 Å². The molecule has 0 aromatic heterocycles. The maximum absolute atomic E-state index is 12.4. The zero-order valence-corrected chi connectivity index (χ0v) is 20.1. The lowest BCUT2D eigenvalue weighted by molar-refractivity contribution is -0.136. The molecule has 0 aliphatic carbocycles. The Balaban J connectivity index is 1.54. The predicted octanol–water partition coefficient (Wildman–Crippen LogP) is 4.32. The zero-order valence-electron chi connectivity index (χ0n) is 19.3. The molecule has 3 amide bonds. The van der Waals surface area contributed by atoms with Gasteiger partial charge >= 0.3 is 11.8 Å². The van der Waals surface area contributed by atoms with Crippen molar-refractivity contribution in [2.24, 2.45) is 5.10 Å². The summed E-state index contributed by atoms with van der Waals surface area (Å²) in [7, 11) is 0. The molecule has 0 spiro atoms. The number of nitrogens with zero attached hydrogens (tertiary/aromatic N) is 1. The highest BCUT2D eigenvalue weighted by atomic mass is 35.5. The molecule has 0 aliphatic heterocycles. The molecule has 0 unspecified atom stereocenters. The molecule has 0 bridgehead atoms. The van der Waals surface area contributed by atoms with Crippen molar-refractivity contribution in [3.05, 3.63) is 88.4 Å². The van der Waals surface area contributed by atoms with Crippen molar-refractivity contribution < 1.29 is 19.1 Å². The van der Waals surface area contributed by atoms with Crippen LogP contribution in [0.25, 0.3) is 0 Å². The molecule has 0 radical (unpaired) electrons. The molecule has 3 aromatic rings. The Bertz CT molecular complexity index is 1260. The first-order valence-corrected chi connectivity index (χ1v) is 11.2. The molecule has 3 N–H and O–H groups in total. The maximum Gasteiger partial charge on any atom is 0.329 e. The lowest BCUT2D eigenvalue weighted by Crippen LogP contribution is -2.32. The first-order valence-electron chi connectivity index (χ1n) is 10.9. The number of rotatable bonds is 8. The second-order valence-corrected chi connectivity index (χ2v) is 7.91. The maximum atomic E-state index is 12.4. The lowest BCUT2D eigenvalue weighted by atomic mass is 10.1. The third-order valence-electron chi connectivity index (χ3n) is 4.96. The van der Waals surface area contributed by atoms with Crippen molar-refractivity contribution in [3.63, 3.8) is 0 Å². The van der Waals surface area contributed by atoms with Gasteiger partial charge in [0, 0.05) is 22.0 Å². The molecule has 0 fully saturated rings. The number of amides is 3. The predicted molar refractivity (Wildman–Crippen MR) is 137 cm³/mol. The largest absolute Gasteiger partial charge is 0.483 e. The van der Waals surface area contributed by atoms with Crippen LogP contribution in [0.15, 0.2) is 71.8 Å². The summed E-state index contributed by atoms with van der Waals surface area (Å²) in [6, 6.07) is 19.3. The summed E-state index contributed by atoms with van der Waals surface area (Å²) in [6.45, 7) is 3.63. The van der Waals surface area contributed by atoms with Crippen LogP contribution in [-0.4, -0.2) is 30.5 Å².